The van der Waals surface area contributed by atoms with Crippen molar-refractivity contribution in [1.82, 2.24) is 14.6 Å². The molecule has 2 aromatic carbocycles. The molecule has 1 atom stereocenters. The van der Waals surface area contributed by atoms with Crippen LogP contribution < -0.4 is 5.32 Å². The van der Waals surface area contributed by atoms with E-state index in [0.29, 0.717) is 31.0 Å². The molecule has 0 bridgehead atoms. The summed E-state index contributed by atoms with van der Waals surface area (Å²) in [5.41, 5.74) is 4.15. The normalized spacial score (nSPS) is 12.6. The third-order valence-electron chi connectivity index (χ3n) is 6.72. The van der Waals surface area contributed by atoms with Crippen LogP contribution in [0.5, 0.6) is 0 Å². The van der Waals surface area contributed by atoms with Crippen molar-refractivity contribution in [1.29, 1.82) is 0 Å². The molecule has 1 aromatic heterocycles. The van der Waals surface area contributed by atoms with E-state index >= 15 is 0 Å². The van der Waals surface area contributed by atoms with Crippen LogP contribution in [0.4, 0.5) is 4.39 Å². The minimum absolute atomic E-state index is 0.0519. The summed E-state index contributed by atoms with van der Waals surface area (Å²) in [6.45, 7) is 7.09. The van der Waals surface area contributed by atoms with Crippen molar-refractivity contribution in [2.75, 3.05) is 20.1 Å². The third-order valence-corrected chi connectivity index (χ3v) is 8.31. The van der Waals surface area contributed by atoms with Crippen molar-refractivity contribution in [3.63, 3.8) is 0 Å². The Labute approximate surface area is 246 Å². The fourth-order valence-corrected chi connectivity index (χ4v) is 5.73. The molecule has 0 aliphatic rings. The third kappa shape index (κ3) is 10.2. The number of pyridine rings is 1. The number of aromatic nitrogens is 1. The number of carbonyl (C=O) groups is 1. The van der Waals surface area contributed by atoms with E-state index < -0.39 is 12.1 Å². The number of rotatable bonds is 15. The molecule has 6 nitrogen and oxygen atoms in total. The SMILES string of the molecule is Cc1cc(-c2ccc(CCC(=O)O)nc2)cc(Cl)c1SN(C)C[C@H](O)CNC(C)(C)CCCc1ccccc1F. The van der Waals surface area contributed by atoms with Crippen molar-refractivity contribution in [3.8, 4) is 11.1 Å². The van der Waals surface area contributed by atoms with Crippen LogP contribution in [0, 0.1) is 12.7 Å². The second-order valence-corrected chi connectivity index (χ2v) is 12.4. The Bertz CT molecular complexity index is 1250. The summed E-state index contributed by atoms with van der Waals surface area (Å²) in [4.78, 5) is 16.1. The number of β-amino-alcohol motifs (C(OH)–C–C–N with tert-alkyl or cyclic N) is 1. The predicted octanol–water partition coefficient (Wildman–Crippen LogP) is 6.56. The van der Waals surface area contributed by atoms with Crippen LogP contribution in [0.3, 0.4) is 0 Å². The van der Waals surface area contributed by atoms with Gasteiger partial charge < -0.3 is 15.5 Å². The maximum Gasteiger partial charge on any atom is 0.303 e. The summed E-state index contributed by atoms with van der Waals surface area (Å²) in [6.07, 6.45) is 4.01. The Kier molecular flexibility index (Phi) is 12.0. The van der Waals surface area contributed by atoms with E-state index in [4.69, 9.17) is 16.7 Å². The average Bonchev–Trinajstić information content (AvgIpc) is 2.89. The van der Waals surface area contributed by atoms with Gasteiger partial charge in [0.2, 0.25) is 0 Å². The van der Waals surface area contributed by atoms with E-state index in [1.807, 2.05) is 48.6 Å². The standard InChI is InChI=1S/C31H39ClFN3O3S/c1-21-16-24(23-11-12-25(34-18-23)13-14-29(38)39)17-27(32)30(21)40-36(4)20-26(37)19-35-31(2,3)15-7-9-22-8-5-6-10-28(22)33/h5-6,8,10-12,16-18,26,35,37H,7,9,13-15,19-20H2,1-4H3,(H,38,39)/t26-/m1/s1. The van der Waals surface area contributed by atoms with Crippen LogP contribution in [0.1, 0.15) is 49.9 Å². The highest BCUT2D eigenvalue weighted by molar-refractivity contribution is 7.97. The molecule has 1 heterocycles. The first-order valence-electron chi connectivity index (χ1n) is 13.5. The zero-order chi connectivity index (χ0) is 29.3. The monoisotopic (exact) mass is 587 g/mol. The number of nitrogens with one attached hydrogen (secondary N) is 1. The summed E-state index contributed by atoms with van der Waals surface area (Å²) in [5, 5.41) is 23.6. The van der Waals surface area contributed by atoms with Crippen LogP contribution in [0.15, 0.2) is 59.6 Å². The van der Waals surface area contributed by atoms with Crippen LogP contribution in [-0.2, 0) is 17.6 Å². The van der Waals surface area contributed by atoms with E-state index in [1.165, 1.54) is 18.0 Å². The summed E-state index contributed by atoms with van der Waals surface area (Å²) < 4.78 is 15.8. The van der Waals surface area contributed by atoms with Crippen molar-refractivity contribution in [3.05, 3.63) is 82.4 Å². The molecule has 40 heavy (non-hydrogen) atoms. The average molecular weight is 588 g/mol. The number of hydrogen-bond donors (Lipinski definition) is 3. The fraction of sp³-hybridized carbons (Fsp3) is 0.419. The lowest BCUT2D eigenvalue weighted by atomic mass is 9.95. The van der Waals surface area contributed by atoms with Crippen molar-refractivity contribution in [2.45, 2.75) is 69.4 Å². The Morgan fingerprint density at radius 2 is 1.93 bits per heavy atom. The molecule has 0 saturated carbocycles. The Morgan fingerprint density at radius 3 is 2.58 bits per heavy atom. The summed E-state index contributed by atoms with van der Waals surface area (Å²) in [7, 11) is 1.93. The van der Waals surface area contributed by atoms with Crippen molar-refractivity contribution in [2.24, 2.45) is 0 Å². The van der Waals surface area contributed by atoms with Gasteiger partial charge >= 0.3 is 5.97 Å². The Morgan fingerprint density at radius 1 is 1.18 bits per heavy atom. The second kappa shape index (κ2) is 14.9. The summed E-state index contributed by atoms with van der Waals surface area (Å²) in [6, 6.07) is 14.6. The molecular weight excluding hydrogens is 549 g/mol. The number of halogens is 2. The van der Waals surface area contributed by atoms with Gasteiger partial charge in [0.1, 0.15) is 5.82 Å². The topological polar surface area (TPSA) is 85.7 Å². The maximum atomic E-state index is 13.9. The zero-order valence-electron chi connectivity index (χ0n) is 23.6. The molecule has 3 N–H and O–H groups in total. The van der Waals surface area contributed by atoms with Crippen LogP contribution >= 0.6 is 23.5 Å². The first-order valence-corrected chi connectivity index (χ1v) is 14.6. The van der Waals surface area contributed by atoms with Crippen molar-refractivity contribution < 1.29 is 19.4 Å². The number of likely N-dealkylation sites (N-methyl/N-ethyl adjacent to an activating group) is 1. The molecule has 0 unspecified atom stereocenters. The van der Waals surface area contributed by atoms with E-state index in [1.54, 1.807) is 12.3 Å². The van der Waals surface area contributed by atoms with E-state index in [2.05, 4.69) is 30.2 Å². The lowest BCUT2D eigenvalue weighted by Gasteiger charge is -2.29. The van der Waals surface area contributed by atoms with Gasteiger partial charge in [-0.05, 0) is 93.9 Å². The van der Waals surface area contributed by atoms with Gasteiger partial charge in [-0.15, -0.1) is 0 Å². The molecular formula is C31H39ClFN3O3S. The Hall–Kier alpha value is -2.49. The molecule has 3 aromatic rings. The molecule has 0 saturated heterocycles. The molecule has 0 spiro atoms. The number of aliphatic hydroxyl groups excluding tert-OH is 1. The highest BCUT2D eigenvalue weighted by Gasteiger charge is 2.20. The van der Waals surface area contributed by atoms with E-state index in [0.717, 1.165) is 45.7 Å². The minimum Gasteiger partial charge on any atom is -0.481 e. The zero-order valence-corrected chi connectivity index (χ0v) is 25.2. The van der Waals surface area contributed by atoms with E-state index in [-0.39, 0.29) is 17.8 Å². The molecule has 3 rings (SSSR count). The molecule has 0 radical (unpaired) electrons. The van der Waals surface area contributed by atoms with Gasteiger partial charge in [-0.3, -0.25) is 9.78 Å². The lowest BCUT2D eigenvalue weighted by molar-refractivity contribution is -0.136. The first kappa shape index (κ1) is 32.0. The number of hydrogen-bond acceptors (Lipinski definition) is 6. The van der Waals surface area contributed by atoms with Gasteiger partial charge in [-0.25, -0.2) is 8.70 Å². The number of carboxylic acids is 1. The minimum atomic E-state index is -0.840. The van der Waals surface area contributed by atoms with E-state index in [9.17, 15) is 14.3 Å². The largest absolute Gasteiger partial charge is 0.481 e. The molecule has 0 amide bonds. The van der Waals surface area contributed by atoms with Gasteiger partial charge in [0.25, 0.3) is 0 Å². The molecule has 0 aliphatic carbocycles. The van der Waals surface area contributed by atoms with Crippen molar-refractivity contribution >= 4 is 29.5 Å². The highest BCUT2D eigenvalue weighted by atomic mass is 35.5. The highest BCUT2D eigenvalue weighted by Crippen LogP contribution is 2.36. The van der Waals surface area contributed by atoms with Crippen LogP contribution in [-0.4, -0.2) is 57.3 Å². The van der Waals surface area contributed by atoms with Gasteiger partial charge in [0.05, 0.1) is 17.5 Å². The van der Waals surface area contributed by atoms with Gasteiger partial charge in [0, 0.05) is 47.4 Å². The van der Waals surface area contributed by atoms with Gasteiger partial charge in [-0.1, -0.05) is 41.9 Å². The molecule has 216 valence electrons. The van der Waals surface area contributed by atoms with Crippen LogP contribution in [0.25, 0.3) is 11.1 Å². The predicted molar refractivity (Wildman–Crippen MR) is 161 cm³/mol. The number of nitrogens with zero attached hydrogens (tertiary/aromatic N) is 2. The maximum absolute atomic E-state index is 13.9. The number of aryl methyl sites for hydroxylation is 3. The number of aliphatic hydroxyl groups is 1. The fourth-order valence-electron chi connectivity index (χ4n) is 4.45. The van der Waals surface area contributed by atoms with Gasteiger partial charge in [0.15, 0.2) is 0 Å². The Balaban J connectivity index is 1.49. The lowest BCUT2D eigenvalue weighted by Crippen LogP contribution is -2.45. The second-order valence-electron chi connectivity index (χ2n) is 10.8. The van der Waals surface area contributed by atoms with Gasteiger partial charge in [-0.2, -0.15) is 0 Å². The number of carboxylic acid groups (broad SMARTS) is 1. The number of benzene rings is 2. The first-order chi connectivity index (χ1) is 18.9. The summed E-state index contributed by atoms with van der Waals surface area (Å²) in [5.74, 6) is -0.998. The number of aliphatic carboxylic acids is 1. The summed E-state index contributed by atoms with van der Waals surface area (Å²) >= 11 is 8.17. The molecule has 9 heteroatoms. The smallest absolute Gasteiger partial charge is 0.303 e. The molecule has 0 fully saturated rings. The van der Waals surface area contributed by atoms with Crippen LogP contribution in [0.2, 0.25) is 5.02 Å². The molecule has 0 aliphatic heterocycles. The quantitative estimate of drug-likeness (QED) is 0.174.